The van der Waals surface area contributed by atoms with Crippen LogP contribution in [-0.2, 0) is 14.8 Å². The van der Waals surface area contributed by atoms with Gasteiger partial charge in [0.1, 0.15) is 0 Å². The Morgan fingerprint density at radius 3 is 2.61 bits per heavy atom. The molecule has 0 saturated carbocycles. The molecule has 0 spiro atoms. The number of carbonyl (C=O) groups is 1. The van der Waals surface area contributed by atoms with Gasteiger partial charge in [0.25, 0.3) is 0 Å². The Kier molecular flexibility index (Phi) is 6.21. The number of hydrogen-bond acceptors (Lipinski definition) is 7. The van der Waals surface area contributed by atoms with E-state index in [2.05, 4.69) is 15.0 Å². The van der Waals surface area contributed by atoms with Crippen LogP contribution >= 0.6 is 11.3 Å². The summed E-state index contributed by atoms with van der Waals surface area (Å²) >= 11 is 1.27. The molecule has 4 rings (SSSR count). The number of hydrogen-bond donors (Lipinski definition) is 2. The van der Waals surface area contributed by atoms with E-state index in [9.17, 15) is 13.2 Å². The predicted octanol–water partition coefficient (Wildman–Crippen LogP) is 3.28. The highest BCUT2D eigenvalue weighted by atomic mass is 32.2. The van der Waals surface area contributed by atoms with Crippen LogP contribution in [0.2, 0.25) is 0 Å². The third-order valence-electron chi connectivity index (χ3n) is 4.56. The molecule has 162 valence electrons. The second kappa shape index (κ2) is 9.04. The summed E-state index contributed by atoms with van der Waals surface area (Å²) in [5, 5.41) is 4.89. The predicted molar refractivity (Wildman–Crippen MR) is 118 cm³/mol. The lowest BCUT2D eigenvalue weighted by atomic mass is 10.2. The molecule has 31 heavy (non-hydrogen) atoms. The fraction of sp³-hybridized carbons (Fsp3) is 0.238. The van der Waals surface area contributed by atoms with Gasteiger partial charge in [-0.15, -0.1) is 11.3 Å². The molecule has 8 nitrogen and oxygen atoms in total. The molecule has 0 radical (unpaired) electrons. The molecule has 2 N–H and O–H groups in total. The molecule has 2 aromatic carbocycles. The van der Waals surface area contributed by atoms with Gasteiger partial charge in [0.15, 0.2) is 16.6 Å². The Bertz CT molecular complexity index is 1180. The summed E-state index contributed by atoms with van der Waals surface area (Å²) in [6, 6.07) is 12.9. The van der Waals surface area contributed by atoms with E-state index in [1.165, 1.54) is 30.4 Å². The summed E-state index contributed by atoms with van der Waals surface area (Å²) < 4.78 is 39.0. The molecule has 10 heteroatoms. The van der Waals surface area contributed by atoms with Crippen LogP contribution in [0.15, 0.2) is 58.8 Å². The van der Waals surface area contributed by atoms with Crippen molar-refractivity contribution in [3.05, 3.63) is 53.9 Å². The van der Waals surface area contributed by atoms with Gasteiger partial charge in [0.2, 0.25) is 15.9 Å². The average molecular weight is 460 g/mol. The van der Waals surface area contributed by atoms with Gasteiger partial charge in [-0.1, -0.05) is 30.3 Å². The van der Waals surface area contributed by atoms with E-state index in [1.54, 1.807) is 6.07 Å². The minimum Gasteiger partial charge on any atom is -0.490 e. The van der Waals surface area contributed by atoms with Crippen molar-refractivity contribution in [3.8, 4) is 22.8 Å². The highest BCUT2D eigenvalue weighted by Crippen LogP contribution is 2.32. The minimum absolute atomic E-state index is 0.00277. The van der Waals surface area contributed by atoms with Crippen LogP contribution in [0.5, 0.6) is 11.5 Å². The van der Waals surface area contributed by atoms with Gasteiger partial charge in [0.05, 0.1) is 29.8 Å². The highest BCUT2D eigenvalue weighted by Gasteiger charge is 2.24. The van der Waals surface area contributed by atoms with Crippen LogP contribution < -0.4 is 19.5 Å². The van der Waals surface area contributed by atoms with Crippen LogP contribution in [0, 0.1) is 0 Å². The SMILES string of the molecule is CC(NS(=O)(=O)c1ccc2c(c1)OCCCO2)C(=O)Nc1nc(-c2ccccc2)cs1. The van der Waals surface area contributed by atoms with Crippen LogP contribution in [0.4, 0.5) is 5.13 Å². The first-order valence-corrected chi connectivity index (χ1v) is 12.0. The molecule has 1 aliphatic rings. The molecule has 2 heterocycles. The number of anilines is 1. The van der Waals surface area contributed by atoms with Crippen molar-refractivity contribution < 1.29 is 22.7 Å². The highest BCUT2D eigenvalue weighted by molar-refractivity contribution is 7.89. The summed E-state index contributed by atoms with van der Waals surface area (Å²) in [5.74, 6) is 0.362. The molecule has 1 aliphatic heterocycles. The lowest BCUT2D eigenvalue weighted by Crippen LogP contribution is -2.41. The third-order valence-corrected chi connectivity index (χ3v) is 6.85. The largest absolute Gasteiger partial charge is 0.490 e. The van der Waals surface area contributed by atoms with E-state index >= 15 is 0 Å². The van der Waals surface area contributed by atoms with Crippen molar-refractivity contribution in [1.29, 1.82) is 0 Å². The first kappa shape index (κ1) is 21.3. The van der Waals surface area contributed by atoms with Gasteiger partial charge < -0.3 is 14.8 Å². The molecule has 0 bridgehead atoms. The summed E-state index contributed by atoms with van der Waals surface area (Å²) in [4.78, 5) is 16.9. The third kappa shape index (κ3) is 5.04. The van der Waals surface area contributed by atoms with Crippen molar-refractivity contribution in [2.45, 2.75) is 24.3 Å². The van der Waals surface area contributed by atoms with Gasteiger partial charge in [-0.3, -0.25) is 4.79 Å². The van der Waals surface area contributed by atoms with Crippen LogP contribution in [-0.4, -0.2) is 38.6 Å². The van der Waals surface area contributed by atoms with Crippen molar-refractivity contribution in [3.63, 3.8) is 0 Å². The number of benzene rings is 2. The van der Waals surface area contributed by atoms with Gasteiger partial charge in [-0.25, -0.2) is 13.4 Å². The van der Waals surface area contributed by atoms with Crippen molar-refractivity contribution in [2.24, 2.45) is 0 Å². The van der Waals surface area contributed by atoms with Crippen molar-refractivity contribution >= 4 is 32.4 Å². The fourth-order valence-corrected chi connectivity index (χ4v) is 4.89. The standard InChI is InChI=1S/C21H21N3O5S2/c1-14(20(25)23-21-22-17(13-30-21)15-6-3-2-4-7-15)24-31(26,27)16-8-9-18-19(12-16)29-11-5-10-28-18/h2-4,6-9,12-14,24H,5,10-11H2,1H3,(H,22,23,25). The number of ether oxygens (including phenoxy) is 2. The van der Waals surface area contributed by atoms with Crippen LogP contribution in [0.3, 0.4) is 0 Å². The normalized spacial score (nSPS) is 14.5. The Morgan fingerprint density at radius 1 is 1.10 bits per heavy atom. The Morgan fingerprint density at radius 2 is 1.84 bits per heavy atom. The quantitative estimate of drug-likeness (QED) is 0.586. The van der Waals surface area contributed by atoms with E-state index in [1.807, 2.05) is 35.7 Å². The number of aromatic nitrogens is 1. The molecule has 0 aliphatic carbocycles. The molecule has 0 fully saturated rings. The molecular formula is C21H21N3O5S2. The van der Waals surface area contributed by atoms with Gasteiger partial charge >= 0.3 is 0 Å². The number of carbonyl (C=O) groups excluding carboxylic acids is 1. The molecule has 1 atom stereocenters. The number of nitrogens with zero attached hydrogens (tertiary/aromatic N) is 1. The Labute approximate surface area is 184 Å². The van der Waals surface area contributed by atoms with Crippen molar-refractivity contribution in [2.75, 3.05) is 18.5 Å². The van der Waals surface area contributed by atoms with Crippen molar-refractivity contribution in [1.82, 2.24) is 9.71 Å². The number of amides is 1. The number of fused-ring (bicyclic) bond motifs is 1. The topological polar surface area (TPSA) is 107 Å². The number of sulfonamides is 1. The summed E-state index contributed by atoms with van der Waals surface area (Å²) in [6.45, 7) is 2.43. The van der Waals surface area contributed by atoms with E-state index in [-0.39, 0.29) is 4.90 Å². The molecule has 1 amide bonds. The van der Waals surface area contributed by atoms with Crippen LogP contribution in [0.25, 0.3) is 11.3 Å². The maximum absolute atomic E-state index is 12.8. The molecule has 1 unspecified atom stereocenters. The number of rotatable bonds is 6. The monoisotopic (exact) mass is 459 g/mol. The average Bonchev–Trinajstić information content (AvgIpc) is 3.09. The van der Waals surface area contributed by atoms with Gasteiger partial charge in [0, 0.05) is 23.4 Å². The van der Waals surface area contributed by atoms with E-state index in [0.717, 1.165) is 17.7 Å². The first-order chi connectivity index (χ1) is 14.9. The van der Waals surface area contributed by atoms with E-state index in [4.69, 9.17) is 9.47 Å². The maximum Gasteiger partial charge on any atom is 0.244 e. The smallest absolute Gasteiger partial charge is 0.244 e. The Hall–Kier alpha value is -2.95. The van der Waals surface area contributed by atoms with E-state index in [0.29, 0.717) is 29.8 Å². The summed E-state index contributed by atoms with van der Waals surface area (Å²) in [7, 11) is -3.94. The second-order valence-electron chi connectivity index (χ2n) is 6.90. The molecular weight excluding hydrogens is 438 g/mol. The Balaban J connectivity index is 1.42. The number of thiazole rings is 1. The van der Waals surface area contributed by atoms with Crippen LogP contribution in [0.1, 0.15) is 13.3 Å². The lowest BCUT2D eigenvalue weighted by Gasteiger charge is -2.15. The lowest BCUT2D eigenvalue weighted by molar-refractivity contribution is -0.117. The van der Waals surface area contributed by atoms with Gasteiger partial charge in [-0.05, 0) is 19.1 Å². The second-order valence-corrected chi connectivity index (χ2v) is 9.47. The van der Waals surface area contributed by atoms with E-state index < -0.39 is 22.0 Å². The first-order valence-electron chi connectivity index (χ1n) is 9.66. The molecule has 3 aromatic rings. The summed E-state index contributed by atoms with van der Waals surface area (Å²) in [5.41, 5.74) is 1.67. The molecule has 1 aromatic heterocycles. The maximum atomic E-state index is 12.8. The zero-order valence-corrected chi connectivity index (χ0v) is 18.3. The zero-order chi connectivity index (χ0) is 21.8. The summed E-state index contributed by atoms with van der Waals surface area (Å²) in [6.07, 6.45) is 0.717. The fourth-order valence-electron chi connectivity index (χ4n) is 2.95. The minimum atomic E-state index is -3.94. The zero-order valence-electron chi connectivity index (χ0n) is 16.7. The van der Waals surface area contributed by atoms with Gasteiger partial charge in [-0.2, -0.15) is 4.72 Å². The molecule has 0 saturated heterocycles. The number of nitrogens with one attached hydrogen (secondary N) is 2.